The molecule has 0 radical (unpaired) electrons. The number of piperidine rings is 1. The summed E-state index contributed by atoms with van der Waals surface area (Å²) in [4.78, 5) is 2.66. The summed E-state index contributed by atoms with van der Waals surface area (Å²) in [6, 6.07) is 1.55. The molecule has 1 N–H and O–H groups in total. The second-order valence-corrected chi connectivity index (χ2v) is 5.35. The van der Waals surface area contributed by atoms with Gasteiger partial charge in [0, 0.05) is 12.1 Å². The minimum atomic E-state index is 0.771. The van der Waals surface area contributed by atoms with Gasteiger partial charge in [-0.25, -0.2) is 0 Å². The van der Waals surface area contributed by atoms with Gasteiger partial charge >= 0.3 is 0 Å². The molecule has 0 aromatic rings. The maximum atomic E-state index is 3.56. The van der Waals surface area contributed by atoms with Crippen LogP contribution >= 0.6 is 0 Å². The van der Waals surface area contributed by atoms with Gasteiger partial charge < -0.3 is 10.2 Å². The smallest absolute Gasteiger partial charge is 0.00912 e. The molecule has 2 heteroatoms. The first-order valence-corrected chi connectivity index (χ1v) is 6.61. The molecule has 15 heavy (non-hydrogen) atoms. The molecular weight excluding hydrogens is 184 g/mol. The highest BCUT2D eigenvalue weighted by atomic mass is 15.2. The molecule has 0 saturated carbocycles. The number of hydrogen-bond acceptors (Lipinski definition) is 2. The molecule has 1 heterocycles. The minimum Gasteiger partial charge on any atom is -0.314 e. The second-order valence-electron chi connectivity index (χ2n) is 5.35. The van der Waals surface area contributed by atoms with Crippen molar-refractivity contribution in [1.29, 1.82) is 0 Å². The van der Waals surface area contributed by atoms with Crippen LogP contribution in [0.25, 0.3) is 0 Å². The van der Waals surface area contributed by atoms with Gasteiger partial charge in [0.2, 0.25) is 0 Å². The molecule has 0 aliphatic carbocycles. The van der Waals surface area contributed by atoms with Crippen LogP contribution in [0.1, 0.15) is 47.0 Å². The Morgan fingerprint density at radius 3 is 2.27 bits per heavy atom. The summed E-state index contributed by atoms with van der Waals surface area (Å²) in [5, 5.41) is 3.56. The quantitative estimate of drug-likeness (QED) is 0.753. The van der Waals surface area contributed by atoms with Crippen LogP contribution in [-0.2, 0) is 0 Å². The minimum absolute atomic E-state index is 0.771. The Morgan fingerprint density at radius 2 is 1.80 bits per heavy atom. The summed E-state index contributed by atoms with van der Waals surface area (Å²) in [6.45, 7) is 12.9. The van der Waals surface area contributed by atoms with Crippen LogP contribution in [-0.4, -0.2) is 36.6 Å². The molecule has 0 amide bonds. The Morgan fingerprint density at radius 1 is 1.20 bits per heavy atom. The van der Waals surface area contributed by atoms with Crippen LogP contribution in [0.5, 0.6) is 0 Å². The summed E-state index contributed by atoms with van der Waals surface area (Å²) in [5.41, 5.74) is 0. The lowest BCUT2D eigenvalue weighted by Crippen LogP contribution is -2.46. The molecule has 1 aliphatic rings. The third-order valence-corrected chi connectivity index (χ3v) is 3.46. The van der Waals surface area contributed by atoms with Gasteiger partial charge in [-0.3, -0.25) is 0 Å². The first-order valence-electron chi connectivity index (χ1n) is 6.61. The van der Waals surface area contributed by atoms with Gasteiger partial charge in [0.25, 0.3) is 0 Å². The lowest BCUT2D eigenvalue weighted by atomic mass is 9.99. The van der Waals surface area contributed by atoms with E-state index in [0.717, 1.165) is 24.5 Å². The number of nitrogens with zero attached hydrogens (tertiary/aromatic N) is 1. The van der Waals surface area contributed by atoms with Gasteiger partial charge in [-0.15, -0.1) is 0 Å². The van der Waals surface area contributed by atoms with Crippen LogP contribution in [0.3, 0.4) is 0 Å². The first kappa shape index (κ1) is 13.0. The number of hydrogen-bond donors (Lipinski definition) is 1. The van der Waals surface area contributed by atoms with Crippen molar-refractivity contribution in [2.75, 3.05) is 19.6 Å². The Balaban J connectivity index is 2.24. The fraction of sp³-hybridized carbons (Fsp3) is 1.00. The molecule has 0 bridgehead atoms. The predicted octanol–water partition coefficient (Wildman–Crippen LogP) is 2.49. The summed E-state index contributed by atoms with van der Waals surface area (Å²) in [5.74, 6) is 0.825. The Labute approximate surface area is 95.4 Å². The zero-order valence-corrected chi connectivity index (χ0v) is 10.9. The molecule has 0 aromatic carbocycles. The van der Waals surface area contributed by atoms with Gasteiger partial charge in [0.15, 0.2) is 0 Å². The Hall–Kier alpha value is -0.0800. The standard InChI is InChI=1S/C13H28N2/c1-5-14-13-6-8-15(9-7-13)12(4)10-11(2)3/h11-14H,5-10H2,1-4H3. The maximum absolute atomic E-state index is 3.56. The van der Waals surface area contributed by atoms with E-state index in [-0.39, 0.29) is 0 Å². The van der Waals surface area contributed by atoms with Gasteiger partial charge in [-0.05, 0) is 51.7 Å². The van der Waals surface area contributed by atoms with Crippen molar-refractivity contribution in [3.63, 3.8) is 0 Å². The van der Waals surface area contributed by atoms with Gasteiger partial charge in [-0.2, -0.15) is 0 Å². The zero-order chi connectivity index (χ0) is 11.3. The SMILES string of the molecule is CCNC1CCN(C(C)CC(C)C)CC1. The van der Waals surface area contributed by atoms with Crippen molar-refractivity contribution in [2.45, 2.75) is 59.0 Å². The third-order valence-electron chi connectivity index (χ3n) is 3.46. The van der Waals surface area contributed by atoms with Crippen LogP contribution in [0.4, 0.5) is 0 Å². The highest BCUT2D eigenvalue weighted by Gasteiger charge is 2.22. The predicted molar refractivity (Wildman–Crippen MR) is 67.2 cm³/mol. The summed E-state index contributed by atoms with van der Waals surface area (Å²) >= 11 is 0. The largest absolute Gasteiger partial charge is 0.314 e. The molecule has 1 saturated heterocycles. The molecule has 1 aliphatic heterocycles. The summed E-state index contributed by atoms with van der Waals surface area (Å²) in [7, 11) is 0. The average molecular weight is 212 g/mol. The highest BCUT2D eigenvalue weighted by Crippen LogP contribution is 2.17. The van der Waals surface area contributed by atoms with E-state index in [4.69, 9.17) is 0 Å². The van der Waals surface area contributed by atoms with Crippen molar-refractivity contribution in [1.82, 2.24) is 10.2 Å². The van der Waals surface area contributed by atoms with Gasteiger partial charge in [0.1, 0.15) is 0 Å². The third kappa shape index (κ3) is 4.52. The van der Waals surface area contributed by atoms with E-state index in [2.05, 4.69) is 37.9 Å². The Kier molecular flexibility index (Phi) is 5.62. The van der Waals surface area contributed by atoms with Crippen LogP contribution in [0.2, 0.25) is 0 Å². The summed E-state index contributed by atoms with van der Waals surface area (Å²) < 4.78 is 0. The molecule has 1 unspecified atom stereocenters. The fourth-order valence-electron chi connectivity index (χ4n) is 2.66. The van der Waals surface area contributed by atoms with Crippen LogP contribution in [0.15, 0.2) is 0 Å². The second kappa shape index (κ2) is 6.49. The number of rotatable bonds is 5. The normalized spacial score (nSPS) is 22.2. The van der Waals surface area contributed by atoms with E-state index in [0.29, 0.717) is 0 Å². The molecular formula is C13H28N2. The highest BCUT2D eigenvalue weighted by molar-refractivity contribution is 4.80. The summed E-state index contributed by atoms with van der Waals surface area (Å²) in [6.07, 6.45) is 4.00. The van der Waals surface area contributed by atoms with Gasteiger partial charge in [0.05, 0.1) is 0 Å². The van der Waals surface area contributed by atoms with E-state index in [9.17, 15) is 0 Å². The molecule has 1 fully saturated rings. The average Bonchev–Trinajstić information content (AvgIpc) is 2.18. The molecule has 0 spiro atoms. The molecule has 2 nitrogen and oxygen atoms in total. The van der Waals surface area contributed by atoms with Crippen molar-refractivity contribution >= 4 is 0 Å². The Bertz CT molecular complexity index is 160. The monoisotopic (exact) mass is 212 g/mol. The van der Waals surface area contributed by atoms with Crippen LogP contribution in [0, 0.1) is 5.92 Å². The number of likely N-dealkylation sites (tertiary alicyclic amines) is 1. The fourth-order valence-corrected chi connectivity index (χ4v) is 2.66. The molecule has 1 rings (SSSR count). The van der Waals surface area contributed by atoms with E-state index in [1.807, 2.05) is 0 Å². The van der Waals surface area contributed by atoms with E-state index < -0.39 is 0 Å². The molecule has 90 valence electrons. The van der Waals surface area contributed by atoms with Crippen LogP contribution < -0.4 is 5.32 Å². The number of nitrogens with one attached hydrogen (secondary N) is 1. The van der Waals surface area contributed by atoms with Gasteiger partial charge in [-0.1, -0.05) is 20.8 Å². The van der Waals surface area contributed by atoms with E-state index >= 15 is 0 Å². The molecule has 1 atom stereocenters. The van der Waals surface area contributed by atoms with E-state index in [1.165, 1.54) is 32.4 Å². The lowest BCUT2D eigenvalue weighted by Gasteiger charge is -2.37. The topological polar surface area (TPSA) is 15.3 Å². The zero-order valence-electron chi connectivity index (χ0n) is 10.9. The van der Waals surface area contributed by atoms with Crippen molar-refractivity contribution in [2.24, 2.45) is 5.92 Å². The van der Waals surface area contributed by atoms with E-state index in [1.54, 1.807) is 0 Å². The van der Waals surface area contributed by atoms with Crippen molar-refractivity contribution in [3.8, 4) is 0 Å². The maximum Gasteiger partial charge on any atom is 0.00912 e. The van der Waals surface area contributed by atoms with Crippen molar-refractivity contribution < 1.29 is 0 Å². The first-order chi connectivity index (χ1) is 7.13. The molecule has 0 aromatic heterocycles. The van der Waals surface area contributed by atoms with Crippen molar-refractivity contribution in [3.05, 3.63) is 0 Å². The lowest BCUT2D eigenvalue weighted by molar-refractivity contribution is 0.138.